The van der Waals surface area contributed by atoms with E-state index in [-0.39, 0.29) is 30.1 Å². The first kappa shape index (κ1) is 16.8. The van der Waals surface area contributed by atoms with Crippen LogP contribution in [0.3, 0.4) is 0 Å². The number of benzene rings is 1. The number of para-hydroxylation sites is 1. The monoisotopic (exact) mass is 296 g/mol. The molecule has 1 rings (SSSR count). The minimum atomic E-state index is -1.83. The summed E-state index contributed by atoms with van der Waals surface area (Å²) in [5.74, 6) is 0. The Hall–Kier alpha value is -2.26. The number of ether oxygens (including phenoxy) is 2. The molecule has 0 radical (unpaired) electrons. The minimum absolute atomic E-state index is 0.0114. The first-order valence-electron chi connectivity index (χ1n) is 6.36. The van der Waals surface area contributed by atoms with Gasteiger partial charge in [-0.1, -0.05) is 12.1 Å². The molecule has 2 amide bonds. The standard InChI is InChI=1S/C12H17BN2O6/c1-3-20-11(16)14-9-7-5-6-8(13(18)19)10(9)15-12(17)21-4-2/h5-7,18-19H,3-4H2,1-2H3,(H,14,16)(H,15,17). The van der Waals surface area contributed by atoms with Crippen molar-refractivity contribution in [2.75, 3.05) is 23.8 Å². The van der Waals surface area contributed by atoms with Gasteiger partial charge >= 0.3 is 19.3 Å². The second-order valence-electron chi connectivity index (χ2n) is 3.83. The summed E-state index contributed by atoms with van der Waals surface area (Å²) in [5.41, 5.74) is 0.198. The number of anilines is 2. The van der Waals surface area contributed by atoms with Gasteiger partial charge in [0.15, 0.2) is 0 Å². The van der Waals surface area contributed by atoms with Crippen LogP contribution in [0.5, 0.6) is 0 Å². The van der Waals surface area contributed by atoms with Crippen molar-refractivity contribution in [3.05, 3.63) is 18.2 Å². The zero-order chi connectivity index (χ0) is 15.8. The van der Waals surface area contributed by atoms with E-state index in [1.165, 1.54) is 18.2 Å². The predicted octanol–water partition coefficient (Wildman–Crippen LogP) is 0.503. The van der Waals surface area contributed by atoms with E-state index in [2.05, 4.69) is 10.6 Å². The molecule has 0 bridgehead atoms. The van der Waals surface area contributed by atoms with Gasteiger partial charge in [0, 0.05) is 5.46 Å². The van der Waals surface area contributed by atoms with Crippen molar-refractivity contribution in [3.63, 3.8) is 0 Å². The molecule has 114 valence electrons. The normalized spacial score (nSPS) is 9.71. The number of nitrogens with one attached hydrogen (secondary N) is 2. The molecule has 1 aromatic rings. The Balaban J connectivity index is 3.08. The number of hydrogen-bond donors (Lipinski definition) is 4. The highest BCUT2D eigenvalue weighted by molar-refractivity contribution is 6.61. The molecule has 0 aliphatic heterocycles. The van der Waals surface area contributed by atoms with Crippen LogP contribution in [-0.2, 0) is 9.47 Å². The van der Waals surface area contributed by atoms with E-state index in [1.54, 1.807) is 13.8 Å². The Morgan fingerprint density at radius 1 is 1.10 bits per heavy atom. The van der Waals surface area contributed by atoms with Crippen LogP contribution in [-0.4, -0.2) is 42.6 Å². The number of amides is 2. The summed E-state index contributed by atoms with van der Waals surface area (Å²) in [6.45, 7) is 3.60. The Bertz CT molecular complexity index is 509. The van der Waals surface area contributed by atoms with Crippen LogP contribution >= 0.6 is 0 Å². The average Bonchev–Trinajstić information content (AvgIpc) is 2.40. The second-order valence-corrected chi connectivity index (χ2v) is 3.83. The Morgan fingerprint density at radius 2 is 1.67 bits per heavy atom. The fourth-order valence-corrected chi connectivity index (χ4v) is 1.58. The van der Waals surface area contributed by atoms with Crippen LogP contribution in [0.25, 0.3) is 0 Å². The van der Waals surface area contributed by atoms with Crippen molar-refractivity contribution in [3.8, 4) is 0 Å². The maximum atomic E-state index is 11.5. The largest absolute Gasteiger partial charge is 0.490 e. The first-order chi connectivity index (χ1) is 9.99. The van der Waals surface area contributed by atoms with Crippen molar-refractivity contribution >= 4 is 36.1 Å². The predicted molar refractivity (Wildman–Crippen MR) is 77.6 cm³/mol. The maximum absolute atomic E-state index is 11.5. The zero-order valence-electron chi connectivity index (χ0n) is 11.8. The number of carbonyl (C=O) groups excluding carboxylic acids is 2. The van der Waals surface area contributed by atoms with E-state index in [1.807, 2.05) is 0 Å². The lowest BCUT2D eigenvalue weighted by molar-refractivity contribution is 0.166. The molecule has 9 heteroatoms. The van der Waals surface area contributed by atoms with Gasteiger partial charge in [-0.05, 0) is 19.9 Å². The molecule has 1 aromatic carbocycles. The molecule has 8 nitrogen and oxygen atoms in total. The van der Waals surface area contributed by atoms with Crippen molar-refractivity contribution in [1.82, 2.24) is 0 Å². The summed E-state index contributed by atoms with van der Waals surface area (Å²) in [4.78, 5) is 23.0. The third-order valence-corrected chi connectivity index (χ3v) is 2.39. The summed E-state index contributed by atoms with van der Waals surface area (Å²) >= 11 is 0. The van der Waals surface area contributed by atoms with Gasteiger partial charge in [-0.25, -0.2) is 9.59 Å². The van der Waals surface area contributed by atoms with E-state index in [0.717, 1.165) is 0 Å². The van der Waals surface area contributed by atoms with Gasteiger partial charge in [0.25, 0.3) is 0 Å². The lowest BCUT2D eigenvalue weighted by Crippen LogP contribution is -2.34. The van der Waals surface area contributed by atoms with Gasteiger partial charge in [-0.2, -0.15) is 0 Å². The summed E-state index contributed by atoms with van der Waals surface area (Å²) in [5, 5.41) is 23.4. The first-order valence-corrected chi connectivity index (χ1v) is 6.36. The molecule has 0 saturated carbocycles. The topological polar surface area (TPSA) is 117 Å². The summed E-state index contributed by atoms with van der Waals surface area (Å²) < 4.78 is 9.47. The highest BCUT2D eigenvalue weighted by atomic mass is 16.6. The Labute approximate surface area is 122 Å². The molecule has 0 unspecified atom stereocenters. The van der Waals surface area contributed by atoms with E-state index >= 15 is 0 Å². The lowest BCUT2D eigenvalue weighted by atomic mass is 9.78. The summed E-state index contributed by atoms with van der Waals surface area (Å²) in [6.07, 6.45) is -1.51. The van der Waals surface area contributed by atoms with E-state index in [4.69, 9.17) is 9.47 Å². The third kappa shape index (κ3) is 4.97. The van der Waals surface area contributed by atoms with Crippen molar-refractivity contribution < 1.29 is 29.1 Å². The minimum Gasteiger partial charge on any atom is -0.450 e. The molecule has 0 aliphatic carbocycles. The molecular formula is C12H17BN2O6. The number of hydrogen-bond acceptors (Lipinski definition) is 6. The maximum Gasteiger partial charge on any atom is 0.490 e. The Kier molecular flexibility index (Phi) is 6.50. The van der Waals surface area contributed by atoms with Gasteiger partial charge in [0.2, 0.25) is 0 Å². The molecule has 21 heavy (non-hydrogen) atoms. The van der Waals surface area contributed by atoms with Gasteiger partial charge < -0.3 is 19.5 Å². The van der Waals surface area contributed by atoms with Gasteiger partial charge in [-0.3, -0.25) is 10.6 Å². The SMILES string of the molecule is CCOC(=O)Nc1cccc(B(O)O)c1NC(=O)OCC. The molecule has 4 N–H and O–H groups in total. The Morgan fingerprint density at radius 3 is 2.19 bits per heavy atom. The van der Waals surface area contributed by atoms with Gasteiger partial charge in [0.05, 0.1) is 24.6 Å². The van der Waals surface area contributed by atoms with Crippen molar-refractivity contribution in [2.24, 2.45) is 0 Å². The van der Waals surface area contributed by atoms with Gasteiger partial charge in [0.1, 0.15) is 0 Å². The van der Waals surface area contributed by atoms with Crippen molar-refractivity contribution in [2.45, 2.75) is 13.8 Å². The highest BCUT2D eigenvalue weighted by Crippen LogP contribution is 2.20. The highest BCUT2D eigenvalue weighted by Gasteiger charge is 2.21. The summed E-state index contributed by atoms with van der Waals surface area (Å²) in [6, 6.07) is 4.36. The molecule has 0 spiro atoms. The molecule has 0 aromatic heterocycles. The quantitative estimate of drug-likeness (QED) is 0.588. The second kappa shape index (κ2) is 8.13. The molecule has 0 heterocycles. The van der Waals surface area contributed by atoms with Gasteiger partial charge in [-0.15, -0.1) is 0 Å². The molecule has 0 fully saturated rings. The fourth-order valence-electron chi connectivity index (χ4n) is 1.58. The van der Waals surface area contributed by atoms with Crippen LogP contribution in [0.2, 0.25) is 0 Å². The average molecular weight is 296 g/mol. The van der Waals surface area contributed by atoms with E-state index < -0.39 is 19.3 Å². The van der Waals surface area contributed by atoms with E-state index in [9.17, 15) is 19.6 Å². The van der Waals surface area contributed by atoms with Crippen LogP contribution in [0.1, 0.15) is 13.8 Å². The van der Waals surface area contributed by atoms with Crippen molar-refractivity contribution in [1.29, 1.82) is 0 Å². The third-order valence-electron chi connectivity index (χ3n) is 2.39. The lowest BCUT2D eigenvalue weighted by Gasteiger charge is -2.15. The molecular weight excluding hydrogens is 279 g/mol. The molecule has 0 atom stereocenters. The van der Waals surface area contributed by atoms with Crippen LogP contribution in [0.4, 0.5) is 21.0 Å². The zero-order valence-corrected chi connectivity index (χ0v) is 11.8. The van der Waals surface area contributed by atoms with Crippen LogP contribution < -0.4 is 16.1 Å². The fraction of sp³-hybridized carbons (Fsp3) is 0.333. The number of rotatable bonds is 5. The van der Waals surface area contributed by atoms with E-state index in [0.29, 0.717) is 0 Å². The smallest absolute Gasteiger partial charge is 0.450 e. The van der Waals surface area contributed by atoms with Crippen LogP contribution in [0, 0.1) is 0 Å². The van der Waals surface area contributed by atoms with Crippen LogP contribution in [0.15, 0.2) is 18.2 Å². The number of carbonyl (C=O) groups is 2. The summed E-state index contributed by atoms with van der Waals surface area (Å²) in [7, 11) is -1.83. The molecule has 0 saturated heterocycles. The molecule has 0 aliphatic rings.